The van der Waals surface area contributed by atoms with Crippen LogP contribution in [-0.2, 0) is 0 Å². The normalized spacial score (nSPS) is 9.80. The van der Waals surface area contributed by atoms with E-state index in [0.29, 0.717) is 12.6 Å². The first-order valence-corrected chi connectivity index (χ1v) is 4.86. The first kappa shape index (κ1) is 11.7. The van der Waals surface area contributed by atoms with E-state index in [0.717, 1.165) is 12.0 Å². The lowest BCUT2D eigenvalue weighted by atomic mass is 10.3. The predicted octanol–water partition coefficient (Wildman–Crippen LogP) is 1.91. The Kier molecular flexibility index (Phi) is 4.30. The number of halogens is 1. The van der Waals surface area contributed by atoms with Crippen molar-refractivity contribution in [3.05, 3.63) is 17.4 Å². The second-order valence-electron chi connectivity index (χ2n) is 3.02. The standard InChI is InChI=1S/C9H13ClN4O/c1-6(2)4-5-15-9-13-7(10)12-8(11-3)14-9/h1,4-5H2,2-3H3,(H,11,12,13,14). The Bertz CT molecular complexity index is 356. The Morgan fingerprint density at radius 2 is 2.20 bits per heavy atom. The zero-order valence-corrected chi connectivity index (χ0v) is 9.51. The molecule has 0 atom stereocenters. The summed E-state index contributed by atoms with van der Waals surface area (Å²) in [6.45, 7) is 6.18. The Hall–Kier alpha value is -1.36. The quantitative estimate of drug-likeness (QED) is 0.781. The first-order chi connectivity index (χ1) is 7.11. The van der Waals surface area contributed by atoms with Gasteiger partial charge in [0.2, 0.25) is 11.2 Å². The lowest BCUT2D eigenvalue weighted by Crippen LogP contribution is -2.05. The van der Waals surface area contributed by atoms with Gasteiger partial charge in [0.25, 0.3) is 0 Å². The van der Waals surface area contributed by atoms with Crippen molar-refractivity contribution in [3.8, 4) is 6.01 Å². The van der Waals surface area contributed by atoms with Gasteiger partial charge in [-0.1, -0.05) is 5.57 Å². The molecule has 5 nitrogen and oxygen atoms in total. The smallest absolute Gasteiger partial charge is 0.322 e. The molecule has 6 heteroatoms. The number of nitrogens with zero attached hydrogens (tertiary/aromatic N) is 3. The van der Waals surface area contributed by atoms with E-state index in [-0.39, 0.29) is 11.3 Å². The minimum Gasteiger partial charge on any atom is -0.463 e. The lowest BCUT2D eigenvalue weighted by Gasteiger charge is -2.05. The van der Waals surface area contributed by atoms with Crippen molar-refractivity contribution in [2.75, 3.05) is 19.0 Å². The molecule has 82 valence electrons. The van der Waals surface area contributed by atoms with Gasteiger partial charge in [-0.15, -0.1) is 6.58 Å². The molecule has 0 saturated carbocycles. The third-order valence-corrected chi connectivity index (χ3v) is 1.74. The van der Waals surface area contributed by atoms with E-state index < -0.39 is 0 Å². The van der Waals surface area contributed by atoms with Crippen molar-refractivity contribution >= 4 is 17.5 Å². The molecule has 0 aliphatic heterocycles. The van der Waals surface area contributed by atoms with Gasteiger partial charge in [0.15, 0.2) is 0 Å². The molecule has 1 heterocycles. The molecule has 0 fully saturated rings. The van der Waals surface area contributed by atoms with Gasteiger partial charge < -0.3 is 10.1 Å². The maximum Gasteiger partial charge on any atom is 0.322 e. The van der Waals surface area contributed by atoms with Crippen molar-refractivity contribution in [1.29, 1.82) is 0 Å². The summed E-state index contributed by atoms with van der Waals surface area (Å²) in [5.41, 5.74) is 1.05. The van der Waals surface area contributed by atoms with Gasteiger partial charge in [-0.05, 0) is 18.5 Å². The van der Waals surface area contributed by atoms with Crippen molar-refractivity contribution in [2.45, 2.75) is 13.3 Å². The Labute approximate surface area is 93.6 Å². The van der Waals surface area contributed by atoms with E-state index in [1.165, 1.54) is 0 Å². The van der Waals surface area contributed by atoms with Crippen molar-refractivity contribution < 1.29 is 4.74 Å². The maximum atomic E-state index is 5.67. The highest BCUT2D eigenvalue weighted by molar-refractivity contribution is 6.28. The second-order valence-corrected chi connectivity index (χ2v) is 3.35. The predicted molar refractivity (Wildman–Crippen MR) is 59.3 cm³/mol. The van der Waals surface area contributed by atoms with Crippen LogP contribution in [0.5, 0.6) is 6.01 Å². The fourth-order valence-electron chi connectivity index (χ4n) is 0.825. The van der Waals surface area contributed by atoms with Gasteiger partial charge in [-0.2, -0.15) is 15.0 Å². The van der Waals surface area contributed by atoms with Crippen LogP contribution in [0.1, 0.15) is 13.3 Å². The SMILES string of the molecule is C=C(C)CCOc1nc(Cl)nc(NC)n1. The molecule has 0 aromatic carbocycles. The summed E-state index contributed by atoms with van der Waals surface area (Å²) >= 11 is 5.67. The number of rotatable bonds is 5. The minimum atomic E-state index is 0.111. The fourth-order valence-corrected chi connectivity index (χ4v) is 0.977. The summed E-state index contributed by atoms with van der Waals surface area (Å²) in [5.74, 6) is 0.389. The van der Waals surface area contributed by atoms with Crippen molar-refractivity contribution in [3.63, 3.8) is 0 Å². The van der Waals surface area contributed by atoms with Gasteiger partial charge in [0, 0.05) is 13.5 Å². The van der Waals surface area contributed by atoms with E-state index in [1.807, 2.05) is 6.92 Å². The molecule has 1 rings (SSSR count). The van der Waals surface area contributed by atoms with Crippen LogP contribution in [0.15, 0.2) is 12.2 Å². The topological polar surface area (TPSA) is 59.9 Å². The van der Waals surface area contributed by atoms with Gasteiger partial charge in [0.1, 0.15) is 0 Å². The van der Waals surface area contributed by atoms with Crippen LogP contribution in [0.2, 0.25) is 5.28 Å². The van der Waals surface area contributed by atoms with E-state index in [1.54, 1.807) is 7.05 Å². The zero-order chi connectivity index (χ0) is 11.3. The highest BCUT2D eigenvalue weighted by Gasteiger charge is 2.04. The number of anilines is 1. The summed E-state index contributed by atoms with van der Waals surface area (Å²) in [7, 11) is 1.70. The average molecular weight is 229 g/mol. The maximum absolute atomic E-state index is 5.67. The molecule has 0 spiro atoms. The van der Waals surface area contributed by atoms with Crippen molar-refractivity contribution in [1.82, 2.24) is 15.0 Å². The molecule has 0 bridgehead atoms. The molecule has 0 aliphatic carbocycles. The summed E-state index contributed by atoms with van der Waals surface area (Å²) < 4.78 is 5.29. The first-order valence-electron chi connectivity index (χ1n) is 4.48. The van der Waals surface area contributed by atoms with Crippen LogP contribution in [-0.4, -0.2) is 28.6 Å². The Morgan fingerprint density at radius 1 is 1.47 bits per heavy atom. The number of ether oxygens (including phenoxy) is 1. The number of aromatic nitrogens is 3. The van der Waals surface area contributed by atoms with E-state index in [4.69, 9.17) is 16.3 Å². The van der Waals surface area contributed by atoms with Crippen molar-refractivity contribution in [2.24, 2.45) is 0 Å². The molecular weight excluding hydrogens is 216 g/mol. The molecule has 0 unspecified atom stereocenters. The highest BCUT2D eigenvalue weighted by atomic mass is 35.5. The lowest BCUT2D eigenvalue weighted by molar-refractivity contribution is 0.295. The molecule has 1 aromatic rings. The Balaban J connectivity index is 2.60. The number of hydrogen-bond donors (Lipinski definition) is 1. The van der Waals surface area contributed by atoms with E-state index in [9.17, 15) is 0 Å². The molecule has 1 N–H and O–H groups in total. The second kappa shape index (κ2) is 5.50. The van der Waals surface area contributed by atoms with Crippen LogP contribution in [0.4, 0.5) is 5.95 Å². The molecule has 1 aromatic heterocycles. The fraction of sp³-hybridized carbons (Fsp3) is 0.444. The summed E-state index contributed by atoms with van der Waals surface area (Å²) in [4.78, 5) is 11.6. The van der Waals surface area contributed by atoms with Crippen LogP contribution >= 0.6 is 11.6 Å². The van der Waals surface area contributed by atoms with Crippen LogP contribution in [0.3, 0.4) is 0 Å². The number of nitrogens with one attached hydrogen (secondary N) is 1. The van der Waals surface area contributed by atoms with Crippen LogP contribution in [0.25, 0.3) is 0 Å². The summed E-state index contributed by atoms with van der Waals surface area (Å²) in [6.07, 6.45) is 0.762. The van der Waals surface area contributed by atoms with Crippen LogP contribution in [0, 0.1) is 0 Å². The van der Waals surface area contributed by atoms with E-state index in [2.05, 4.69) is 26.8 Å². The van der Waals surface area contributed by atoms with Crippen LogP contribution < -0.4 is 10.1 Å². The molecule has 0 amide bonds. The van der Waals surface area contributed by atoms with Gasteiger partial charge >= 0.3 is 6.01 Å². The summed E-state index contributed by atoms with van der Waals surface area (Å²) in [5, 5.41) is 2.87. The molecule has 0 radical (unpaired) electrons. The molecular formula is C9H13ClN4O. The average Bonchev–Trinajstić information content (AvgIpc) is 2.16. The molecule has 15 heavy (non-hydrogen) atoms. The minimum absolute atomic E-state index is 0.111. The third kappa shape index (κ3) is 4.12. The summed E-state index contributed by atoms with van der Waals surface area (Å²) in [6, 6.07) is 0.223. The van der Waals surface area contributed by atoms with Gasteiger partial charge in [-0.25, -0.2) is 0 Å². The van der Waals surface area contributed by atoms with Gasteiger partial charge in [0.05, 0.1) is 6.61 Å². The largest absolute Gasteiger partial charge is 0.463 e. The molecule has 0 aliphatic rings. The number of hydrogen-bond acceptors (Lipinski definition) is 5. The zero-order valence-electron chi connectivity index (χ0n) is 8.75. The molecule has 0 saturated heterocycles. The van der Waals surface area contributed by atoms with Gasteiger partial charge in [-0.3, -0.25) is 0 Å². The monoisotopic (exact) mass is 228 g/mol. The highest BCUT2D eigenvalue weighted by Crippen LogP contribution is 2.11. The third-order valence-electron chi connectivity index (χ3n) is 1.57. The Morgan fingerprint density at radius 3 is 2.80 bits per heavy atom. The van der Waals surface area contributed by atoms with E-state index >= 15 is 0 Å².